The monoisotopic (exact) mass is 356 g/mol. The fourth-order valence-corrected chi connectivity index (χ4v) is 3.59. The lowest BCUT2D eigenvalue weighted by Crippen LogP contribution is -2.15. The molecule has 1 aliphatic rings. The summed E-state index contributed by atoms with van der Waals surface area (Å²) in [4.78, 5) is 13.1. The van der Waals surface area contributed by atoms with Crippen LogP contribution in [0.2, 0.25) is 0 Å². The van der Waals surface area contributed by atoms with Crippen molar-refractivity contribution in [3.63, 3.8) is 0 Å². The van der Waals surface area contributed by atoms with Gasteiger partial charge in [0.05, 0.1) is 23.7 Å². The van der Waals surface area contributed by atoms with Gasteiger partial charge in [-0.15, -0.1) is 0 Å². The first-order chi connectivity index (χ1) is 13.3. The maximum atomic E-state index is 13.1. The summed E-state index contributed by atoms with van der Waals surface area (Å²) in [5, 5.41) is 13.8. The fourth-order valence-electron chi connectivity index (χ4n) is 3.59. The van der Waals surface area contributed by atoms with Gasteiger partial charge in [-0.1, -0.05) is 65.8 Å². The Hall–Kier alpha value is -3.19. The topological polar surface area (TPSA) is 66.9 Å². The number of hydrogen-bond donors (Lipinski definition) is 0. The van der Waals surface area contributed by atoms with Gasteiger partial charge in [-0.2, -0.15) is 5.26 Å². The molecule has 3 aromatic rings. The highest BCUT2D eigenvalue weighted by Crippen LogP contribution is 2.43. The molecule has 4 heteroatoms. The average molecular weight is 356 g/mol. The summed E-state index contributed by atoms with van der Waals surface area (Å²) >= 11 is 0. The van der Waals surface area contributed by atoms with E-state index in [0.717, 1.165) is 24.0 Å². The van der Waals surface area contributed by atoms with Gasteiger partial charge in [0.15, 0.2) is 11.5 Å². The van der Waals surface area contributed by atoms with Crippen molar-refractivity contribution >= 4 is 5.78 Å². The van der Waals surface area contributed by atoms with Crippen molar-refractivity contribution in [2.75, 3.05) is 0 Å². The Kier molecular flexibility index (Phi) is 4.84. The molecule has 1 heterocycles. The molecule has 0 aliphatic heterocycles. The average Bonchev–Trinajstić information content (AvgIpc) is 3.45. The van der Waals surface area contributed by atoms with E-state index in [4.69, 9.17) is 4.52 Å². The number of carbonyl (C=O) groups is 1. The molecule has 4 nitrogen and oxygen atoms in total. The Bertz CT molecular complexity index is 953. The molecule has 4 rings (SSSR count). The Labute approximate surface area is 158 Å². The lowest BCUT2D eigenvalue weighted by Gasteiger charge is -2.22. The van der Waals surface area contributed by atoms with Crippen LogP contribution in [0.1, 0.15) is 64.3 Å². The van der Waals surface area contributed by atoms with Gasteiger partial charge in [0.1, 0.15) is 0 Å². The van der Waals surface area contributed by atoms with Crippen molar-refractivity contribution in [1.82, 2.24) is 5.16 Å². The van der Waals surface area contributed by atoms with Crippen LogP contribution in [0.5, 0.6) is 0 Å². The summed E-state index contributed by atoms with van der Waals surface area (Å²) in [6.45, 7) is 0. The van der Waals surface area contributed by atoms with Crippen molar-refractivity contribution in [3.8, 4) is 6.07 Å². The maximum Gasteiger partial charge on any atom is 0.168 e. The normalized spacial score (nSPS) is 15.7. The van der Waals surface area contributed by atoms with E-state index in [1.54, 1.807) is 0 Å². The third-order valence-corrected chi connectivity index (χ3v) is 5.18. The second kappa shape index (κ2) is 7.59. The van der Waals surface area contributed by atoms with Gasteiger partial charge in [0, 0.05) is 18.3 Å². The van der Waals surface area contributed by atoms with E-state index in [-0.39, 0.29) is 18.1 Å². The number of hydrogen-bond acceptors (Lipinski definition) is 4. The van der Waals surface area contributed by atoms with E-state index in [2.05, 4.69) is 11.2 Å². The van der Waals surface area contributed by atoms with Crippen LogP contribution in [0.3, 0.4) is 0 Å². The lowest BCUT2D eigenvalue weighted by atomic mass is 9.78. The van der Waals surface area contributed by atoms with Gasteiger partial charge >= 0.3 is 0 Å². The van der Waals surface area contributed by atoms with Gasteiger partial charge in [0.25, 0.3) is 0 Å². The highest BCUT2D eigenvalue weighted by atomic mass is 16.5. The Morgan fingerprint density at radius 3 is 2.30 bits per heavy atom. The molecule has 0 unspecified atom stereocenters. The molecule has 0 bridgehead atoms. The zero-order chi connectivity index (χ0) is 18.6. The summed E-state index contributed by atoms with van der Waals surface area (Å²) in [7, 11) is 0. The van der Waals surface area contributed by atoms with E-state index >= 15 is 0 Å². The van der Waals surface area contributed by atoms with E-state index in [1.807, 2.05) is 60.7 Å². The number of aromatic nitrogens is 1. The SMILES string of the molecule is N#C[C@@H](c1ccccc1)[C@@H](CC(=O)c1cnoc1C1CC1)c1ccccc1. The summed E-state index contributed by atoms with van der Waals surface area (Å²) in [6, 6.07) is 21.9. The number of carbonyl (C=O) groups excluding carboxylic acids is 1. The third kappa shape index (κ3) is 3.68. The summed E-state index contributed by atoms with van der Waals surface area (Å²) < 4.78 is 5.33. The molecule has 2 atom stereocenters. The van der Waals surface area contributed by atoms with E-state index in [1.165, 1.54) is 6.20 Å². The van der Waals surface area contributed by atoms with Crippen LogP contribution in [0.25, 0.3) is 0 Å². The van der Waals surface area contributed by atoms with Crippen LogP contribution in [-0.4, -0.2) is 10.9 Å². The molecule has 0 saturated heterocycles. The zero-order valence-electron chi connectivity index (χ0n) is 14.9. The highest BCUT2D eigenvalue weighted by molar-refractivity contribution is 5.97. The summed E-state index contributed by atoms with van der Waals surface area (Å²) in [5.74, 6) is 0.389. The zero-order valence-corrected chi connectivity index (χ0v) is 14.9. The van der Waals surface area contributed by atoms with E-state index in [0.29, 0.717) is 17.2 Å². The first-order valence-electron chi connectivity index (χ1n) is 9.25. The van der Waals surface area contributed by atoms with Crippen molar-refractivity contribution < 1.29 is 9.32 Å². The third-order valence-electron chi connectivity index (χ3n) is 5.18. The van der Waals surface area contributed by atoms with Gasteiger partial charge in [0.2, 0.25) is 0 Å². The van der Waals surface area contributed by atoms with Crippen molar-refractivity contribution in [3.05, 3.63) is 89.3 Å². The van der Waals surface area contributed by atoms with E-state index in [9.17, 15) is 10.1 Å². The first-order valence-corrected chi connectivity index (χ1v) is 9.25. The molecule has 27 heavy (non-hydrogen) atoms. The highest BCUT2D eigenvalue weighted by Gasteiger charge is 2.34. The number of Topliss-reactive ketones (excluding diaryl/α,β-unsaturated/α-hetero) is 1. The van der Waals surface area contributed by atoms with Crippen LogP contribution in [0, 0.1) is 11.3 Å². The van der Waals surface area contributed by atoms with Crippen LogP contribution in [0.15, 0.2) is 71.4 Å². The minimum atomic E-state index is -0.401. The number of nitrogens with zero attached hydrogens (tertiary/aromatic N) is 2. The second-order valence-electron chi connectivity index (χ2n) is 7.04. The fraction of sp³-hybridized carbons (Fsp3) is 0.261. The minimum Gasteiger partial charge on any atom is -0.360 e. The molecule has 134 valence electrons. The van der Waals surface area contributed by atoms with Crippen molar-refractivity contribution in [2.24, 2.45) is 0 Å². The molecule has 1 aromatic heterocycles. The standard InChI is InChI=1S/C23H20N2O2/c24-14-20(17-9-5-2-6-10-17)19(16-7-3-1-4-8-16)13-22(26)21-15-25-27-23(21)18-11-12-18/h1-10,15,18-20H,11-13H2/t19-,20-/m0/s1. The molecule has 2 aromatic carbocycles. The van der Waals surface area contributed by atoms with Gasteiger partial charge < -0.3 is 4.52 Å². The Morgan fingerprint density at radius 2 is 1.70 bits per heavy atom. The van der Waals surface area contributed by atoms with Crippen molar-refractivity contribution in [2.45, 2.75) is 37.0 Å². The summed E-state index contributed by atoms with van der Waals surface area (Å²) in [5.41, 5.74) is 2.49. The quantitative estimate of drug-likeness (QED) is 0.545. The largest absolute Gasteiger partial charge is 0.360 e. The Morgan fingerprint density at radius 1 is 1.07 bits per heavy atom. The second-order valence-corrected chi connectivity index (χ2v) is 7.04. The molecule has 0 N–H and O–H groups in total. The van der Waals surface area contributed by atoms with Crippen molar-refractivity contribution in [1.29, 1.82) is 5.26 Å². The van der Waals surface area contributed by atoms with Gasteiger partial charge in [-0.25, -0.2) is 0 Å². The van der Waals surface area contributed by atoms with Crippen LogP contribution in [0.4, 0.5) is 0 Å². The van der Waals surface area contributed by atoms with Crippen LogP contribution < -0.4 is 0 Å². The maximum absolute atomic E-state index is 13.1. The predicted molar refractivity (Wildman–Crippen MR) is 101 cm³/mol. The van der Waals surface area contributed by atoms with Crippen LogP contribution >= 0.6 is 0 Å². The molecule has 1 aliphatic carbocycles. The first kappa shape index (κ1) is 17.2. The molecular formula is C23H20N2O2. The van der Waals surface area contributed by atoms with E-state index < -0.39 is 5.92 Å². The van der Waals surface area contributed by atoms with Crippen LogP contribution in [-0.2, 0) is 0 Å². The molecule has 1 fully saturated rings. The molecule has 0 spiro atoms. The smallest absolute Gasteiger partial charge is 0.168 e. The summed E-state index contributed by atoms with van der Waals surface area (Å²) in [6.07, 6.45) is 3.87. The number of nitriles is 1. The molecular weight excluding hydrogens is 336 g/mol. The lowest BCUT2D eigenvalue weighted by molar-refractivity contribution is 0.0969. The Balaban J connectivity index is 1.67. The predicted octanol–water partition coefficient (Wildman–Crippen LogP) is 5.22. The minimum absolute atomic E-state index is 0.0109. The van der Waals surface area contributed by atoms with Gasteiger partial charge in [-0.05, 0) is 24.0 Å². The van der Waals surface area contributed by atoms with Gasteiger partial charge in [-0.3, -0.25) is 4.79 Å². The molecule has 1 saturated carbocycles. The number of ketones is 1. The molecule has 0 radical (unpaired) electrons. The molecule has 0 amide bonds. The number of rotatable bonds is 7. The number of benzene rings is 2.